The monoisotopic (exact) mass is 476 g/mol. The highest BCUT2D eigenvalue weighted by Gasteiger charge is 2.41. The summed E-state index contributed by atoms with van der Waals surface area (Å²) in [5, 5.41) is 16.6. The van der Waals surface area contributed by atoms with E-state index in [1.807, 2.05) is 48.5 Å². The summed E-state index contributed by atoms with van der Waals surface area (Å²) in [6.07, 6.45) is 2.69. The van der Waals surface area contributed by atoms with Crippen LogP contribution in [0.3, 0.4) is 0 Å². The van der Waals surface area contributed by atoms with Crippen LogP contribution in [-0.4, -0.2) is 22.5 Å². The maximum atomic E-state index is 13.1. The molecule has 0 heterocycles. The fourth-order valence-corrected chi connectivity index (χ4v) is 4.96. The first-order valence-corrected chi connectivity index (χ1v) is 11.9. The second-order valence-corrected chi connectivity index (χ2v) is 9.84. The number of nitrogens with one attached hydrogen (secondary N) is 2. The average molecular weight is 477 g/mol. The van der Waals surface area contributed by atoms with Gasteiger partial charge in [0, 0.05) is 27.9 Å². The molecular formula is C28H29ClN2O3. The number of rotatable bonds is 6. The van der Waals surface area contributed by atoms with E-state index in [9.17, 15) is 14.7 Å². The molecule has 5 nitrogen and oxygen atoms in total. The minimum absolute atomic E-state index is 0.00389. The molecule has 0 aromatic heterocycles. The summed E-state index contributed by atoms with van der Waals surface area (Å²) in [6, 6.07) is 21.7. The van der Waals surface area contributed by atoms with Gasteiger partial charge >= 0.3 is 6.03 Å². The van der Waals surface area contributed by atoms with Crippen LogP contribution in [0.25, 0.3) is 11.1 Å². The minimum atomic E-state index is -0.850. The quantitative estimate of drug-likeness (QED) is 0.334. The van der Waals surface area contributed by atoms with Gasteiger partial charge in [-0.1, -0.05) is 60.5 Å². The number of hydrogen-bond donors (Lipinski definition) is 3. The fraction of sp³-hybridized carbons (Fsp3) is 0.286. The van der Waals surface area contributed by atoms with Gasteiger partial charge in [-0.3, -0.25) is 4.79 Å². The number of urea groups is 1. The molecule has 0 spiro atoms. The molecule has 0 aliphatic heterocycles. The molecule has 6 heteroatoms. The fourth-order valence-electron chi connectivity index (χ4n) is 4.77. The highest BCUT2D eigenvalue weighted by atomic mass is 35.5. The van der Waals surface area contributed by atoms with E-state index in [0.717, 1.165) is 30.4 Å². The smallest absolute Gasteiger partial charge is 0.323 e. The Balaban J connectivity index is 1.39. The summed E-state index contributed by atoms with van der Waals surface area (Å²) in [4.78, 5) is 25.3. The molecule has 3 aromatic carbocycles. The molecule has 1 saturated carbocycles. The Hall–Kier alpha value is -3.15. The SMILES string of the molecule is CC(C)(O)[C@@H]1CCC[C@H]1C(=O)c1ccc(-c2ccc(NC(=O)Nc3cccc(Cl)c3)cc2)cc1. The maximum Gasteiger partial charge on any atom is 0.323 e. The Morgan fingerprint density at radius 2 is 1.50 bits per heavy atom. The predicted molar refractivity (Wildman–Crippen MR) is 137 cm³/mol. The second-order valence-electron chi connectivity index (χ2n) is 9.41. The number of halogens is 1. The van der Waals surface area contributed by atoms with Crippen molar-refractivity contribution in [1.29, 1.82) is 0 Å². The summed E-state index contributed by atoms with van der Waals surface area (Å²) in [5.41, 5.74) is 3.07. The van der Waals surface area contributed by atoms with Gasteiger partial charge in [0.25, 0.3) is 0 Å². The molecule has 0 bridgehead atoms. The van der Waals surface area contributed by atoms with E-state index in [2.05, 4.69) is 10.6 Å². The summed E-state index contributed by atoms with van der Waals surface area (Å²) >= 11 is 5.95. The number of ketones is 1. The number of benzene rings is 3. The molecule has 34 heavy (non-hydrogen) atoms. The molecule has 0 radical (unpaired) electrons. The number of hydrogen-bond acceptors (Lipinski definition) is 3. The maximum absolute atomic E-state index is 13.1. The number of anilines is 2. The van der Waals surface area contributed by atoms with Crippen molar-refractivity contribution < 1.29 is 14.7 Å². The molecule has 2 amide bonds. The number of amides is 2. The zero-order valence-electron chi connectivity index (χ0n) is 19.3. The normalized spacial score (nSPS) is 17.9. The lowest BCUT2D eigenvalue weighted by molar-refractivity contribution is 0.00214. The molecule has 1 fully saturated rings. The Bertz CT molecular complexity index is 1170. The lowest BCUT2D eigenvalue weighted by Gasteiger charge is -2.30. The first-order valence-electron chi connectivity index (χ1n) is 11.5. The number of Topliss-reactive ketones (excluding diaryl/α,β-unsaturated/α-hetero) is 1. The van der Waals surface area contributed by atoms with Gasteiger partial charge in [-0.05, 0) is 74.1 Å². The van der Waals surface area contributed by atoms with Crippen molar-refractivity contribution in [3.63, 3.8) is 0 Å². The second kappa shape index (κ2) is 10.00. The molecule has 0 unspecified atom stereocenters. The zero-order chi connectivity index (χ0) is 24.3. The molecule has 1 aliphatic carbocycles. The molecule has 3 N–H and O–H groups in total. The first-order chi connectivity index (χ1) is 16.2. The van der Waals surface area contributed by atoms with Crippen molar-refractivity contribution in [2.24, 2.45) is 11.8 Å². The van der Waals surface area contributed by atoms with E-state index < -0.39 is 5.60 Å². The van der Waals surface area contributed by atoms with Crippen LogP contribution in [0.1, 0.15) is 43.5 Å². The number of carbonyl (C=O) groups excluding carboxylic acids is 2. The third-order valence-corrected chi connectivity index (χ3v) is 6.72. The molecule has 176 valence electrons. The zero-order valence-corrected chi connectivity index (χ0v) is 20.1. The lowest BCUT2D eigenvalue weighted by Crippen LogP contribution is -2.36. The summed E-state index contributed by atoms with van der Waals surface area (Å²) in [7, 11) is 0. The van der Waals surface area contributed by atoms with Crippen LogP contribution in [0.4, 0.5) is 16.2 Å². The van der Waals surface area contributed by atoms with E-state index in [-0.39, 0.29) is 23.7 Å². The Kier molecular flexibility index (Phi) is 7.05. The van der Waals surface area contributed by atoms with Crippen molar-refractivity contribution in [1.82, 2.24) is 0 Å². The standard InChI is InChI=1S/C28H29ClN2O3/c1-28(2,34)25-8-4-7-24(25)26(32)20-11-9-18(10-12-20)19-13-15-22(16-14-19)30-27(33)31-23-6-3-5-21(29)17-23/h3,5-6,9-17,24-25,34H,4,7-8H2,1-2H3,(H2,30,31,33)/t24-,25-/m1/s1. The van der Waals surface area contributed by atoms with Gasteiger partial charge in [-0.2, -0.15) is 0 Å². The molecule has 3 aromatic rings. The third-order valence-electron chi connectivity index (χ3n) is 6.49. The predicted octanol–water partition coefficient (Wildman–Crippen LogP) is 7.02. The van der Waals surface area contributed by atoms with Crippen molar-refractivity contribution in [2.45, 2.75) is 38.7 Å². The summed E-state index contributed by atoms with van der Waals surface area (Å²) < 4.78 is 0. The summed E-state index contributed by atoms with van der Waals surface area (Å²) in [6.45, 7) is 3.59. The van der Waals surface area contributed by atoms with E-state index in [0.29, 0.717) is 22.0 Å². The van der Waals surface area contributed by atoms with Crippen LogP contribution < -0.4 is 10.6 Å². The van der Waals surface area contributed by atoms with Crippen molar-refractivity contribution in [3.8, 4) is 11.1 Å². The topological polar surface area (TPSA) is 78.4 Å². The van der Waals surface area contributed by atoms with Crippen LogP contribution in [0.15, 0.2) is 72.8 Å². The van der Waals surface area contributed by atoms with Crippen LogP contribution >= 0.6 is 11.6 Å². The van der Waals surface area contributed by atoms with E-state index >= 15 is 0 Å². The molecule has 0 saturated heterocycles. The van der Waals surface area contributed by atoms with E-state index in [4.69, 9.17) is 11.6 Å². The van der Waals surface area contributed by atoms with Crippen LogP contribution in [0.5, 0.6) is 0 Å². The van der Waals surface area contributed by atoms with E-state index in [1.165, 1.54) is 0 Å². The molecule has 2 atom stereocenters. The Morgan fingerprint density at radius 1 is 0.882 bits per heavy atom. The van der Waals surface area contributed by atoms with Gasteiger partial charge in [0.1, 0.15) is 0 Å². The van der Waals surface area contributed by atoms with E-state index in [1.54, 1.807) is 38.1 Å². The van der Waals surface area contributed by atoms with Crippen LogP contribution in [0.2, 0.25) is 5.02 Å². The van der Waals surface area contributed by atoms with Crippen LogP contribution in [0, 0.1) is 11.8 Å². The molecule has 1 aliphatic rings. The van der Waals surface area contributed by atoms with Crippen molar-refractivity contribution in [2.75, 3.05) is 10.6 Å². The molecular weight excluding hydrogens is 448 g/mol. The highest BCUT2D eigenvalue weighted by Crippen LogP contribution is 2.40. The Morgan fingerprint density at radius 3 is 2.12 bits per heavy atom. The van der Waals surface area contributed by atoms with Crippen molar-refractivity contribution in [3.05, 3.63) is 83.4 Å². The van der Waals surface area contributed by atoms with Gasteiger partial charge < -0.3 is 15.7 Å². The minimum Gasteiger partial charge on any atom is -0.390 e. The summed E-state index contributed by atoms with van der Waals surface area (Å²) in [5.74, 6) is -0.0218. The lowest BCUT2D eigenvalue weighted by atomic mass is 9.79. The van der Waals surface area contributed by atoms with Crippen molar-refractivity contribution >= 4 is 34.8 Å². The number of carbonyl (C=O) groups is 2. The third kappa shape index (κ3) is 5.66. The first kappa shape index (κ1) is 24.0. The van der Waals surface area contributed by atoms with Gasteiger partial charge in [0.05, 0.1) is 5.60 Å². The van der Waals surface area contributed by atoms with Gasteiger partial charge in [-0.25, -0.2) is 4.79 Å². The van der Waals surface area contributed by atoms with Gasteiger partial charge in [-0.15, -0.1) is 0 Å². The number of aliphatic hydroxyl groups is 1. The largest absolute Gasteiger partial charge is 0.390 e. The van der Waals surface area contributed by atoms with Crippen LogP contribution in [-0.2, 0) is 0 Å². The highest BCUT2D eigenvalue weighted by molar-refractivity contribution is 6.30. The average Bonchev–Trinajstić information content (AvgIpc) is 3.30. The molecule has 4 rings (SSSR count). The van der Waals surface area contributed by atoms with Gasteiger partial charge in [0.15, 0.2) is 5.78 Å². The van der Waals surface area contributed by atoms with Gasteiger partial charge in [0.2, 0.25) is 0 Å². The Labute approximate surface area is 205 Å².